The zero-order chi connectivity index (χ0) is 16.1. The molecule has 0 radical (unpaired) electrons. The second-order valence-electron chi connectivity index (χ2n) is 6.11. The summed E-state index contributed by atoms with van der Waals surface area (Å²) in [5, 5.41) is 9.59. The third-order valence-corrected chi connectivity index (χ3v) is 4.98. The molecule has 2 nitrogen and oxygen atoms in total. The lowest BCUT2D eigenvalue weighted by molar-refractivity contribution is 0.539. The van der Waals surface area contributed by atoms with E-state index >= 15 is 0 Å². The number of nitrogens with one attached hydrogen (secondary N) is 1. The molecule has 0 saturated carbocycles. The quantitative estimate of drug-likeness (QED) is 0.674. The van der Waals surface area contributed by atoms with Crippen molar-refractivity contribution >= 4 is 22.1 Å². The standard InChI is InChI=1S/C20H24N2S/c1-3-11-21-15(2)12-18-14-23-20(22-18)13-17-9-6-8-16-7-4-5-10-19(16)17/h4-10,14-15,21H,3,11-13H2,1-2H3. The van der Waals surface area contributed by atoms with Crippen LogP contribution in [0.3, 0.4) is 0 Å². The minimum Gasteiger partial charge on any atom is -0.314 e. The molecular formula is C20H24N2S. The molecule has 3 aromatic rings. The van der Waals surface area contributed by atoms with Crippen LogP contribution in [-0.4, -0.2) is 17.6 Å². The van der Waals surface area contributed by atoms with E-state index < -0.39 is 0 Å². The highest BCUT2D eigenvalue weighted by Gasteiger charge is 2.09. The highest BCUT2D eigenvalue weighted by Crippen LogP contribution is 2.23. The molecule has 0 amide bonds. The van der Waals surface area contributed by atoms with Gasteiger partial charge in [0, 0.05) is 24.3 Å². The van der Waals surface area contributed by atoms with Crippen molar-refractivity contribution < 1.29 is 0 Å². The second kappa shape index (κ2) is 7.71. The molecule has 0 aliphatic heterocycles. The van der Waals surface area contributed by atoms with E-state index in [1.165, 1.54) is 33.5 Å². The van der Waals surface area contributed by atoms with Crippen molar-refractivity contribution in [2.24, 2.45) is 0 Å². The number of fused-ring (bicyclic) bond motifs is 1. The summed E-state index contributed by atoms with van der Waals surface area (Å²) < 4.78 is 0. The average Bonchev–Trinajstić information content (AvgIpc) is 3.00. The first-order valence-corrected chi connectivity index (χ1v) is 9.27. The normalized spacial score (nSPS) is 12.6. The van der Waals surface area contributed by atoms with Crippen LogP contribution in [0.5, 0.6) is 0 Å². The first-order chi connectivity index (χ1) is 11.3. The molecule has 23 heavy (non-hydrogen) atoms. The van der Waals surface area contributed by atoms with Gasteiger partial charge in [-0.25, -0.2) is 4.98 Å². The lowest BCUT2D eigenvalue weighted by atomic mass is 10.0. The Morgan fingerprint density at radius 3 is 2.83 bits per heavy atom. The topological polar surface area (TPSA) is 24.9 Å². The molecule has 120 valence electrons. The molecular weight excluding hydrogens is 300 g/mol. The molecule has 2 aromatic carbocycles. The minimum atomic E-state index is 0.488. The lowest BCUT2D eigenvalue weighted by Crippen LogP contribution is -2.28. The zero-order valence-corrected chi connectivity index (χ0v) is 14.7. The van der Waals surface area contributed by atoms with E-state index in [0.717, 1.165) is 19.4 Å². The van der Waals surface area contributed by atoms with Crippen LogP contribution in [0.2, 0.25) is 0 Å². The van der Waals surface area contributed by atoms with E-state index in [9.17, 15) is 0 Å². The van der Waals surface area contributed by atoms with Gasteiger partial charge in [-0.1, -0.05) is 49.4 Å². The Morgan fingerprint density at radius 1 is 1.13 bits per heavy atom. The summed E-state index contributed by atoms with van der Waals surface area (Å²) in [6, 6.07) is 15.6. The molecule has 1 aromatic heterocycles. The number of aromatic nitrogens is 1. The Kier molecular flexibility index (Phi) is 5.42. The van der Waals surface area contributed by atoms with Crippen LogP contribution in [0.25, 0.3) is 10.8 Å². The molecule has 1 atom stereocenters. The maximum Gasteiger partial charge on any atom is 0.0972 e. The number of hydrogen-bond donors (Lipinski definition) is 1. The fourth-order valence-electron chi connectivity index (χ4n) is 2.91. The zero-order valence-electron chi connectivity index (χ0n) is 13.9. The van der Waals surface area contributed by atoms with Gasteiger partial charge in [0.2, 0.25) is 0 Å². The lowest BCUT2D eigenvalue weighted by Gasteiger charge is -2.11. The van der Waals surface area contributed by atoms with Gasteiger partial charge in [0.15, 0.2) is 0 Å². The number of benzene rings is 2. The largest absolute Gasteiger partial charge is 0.314 e. The fourth-order valence-corrected chi connectivity index (χ4v) is 3.74. The van der Waals surface area contributed by atoms with Gasteiger partial charge in [-0.3, -0.25) is 0 Å². The first kappa shape index (κ1) is 16.2. The molecule has 0 spiro atoms. The molecule has 1 unspecified atom stereocenters. The number of rotatable bonds is 7. The molecule has 0 fully saturated rings. The number of hydrogen-bond acceptors (Lipinski definition) is 3. The van der Waals surface area contributed by atoms with Gasteiger partial charge in [-0.2, -0.15) is 0 Å². The SMILES string of the molecule is CCCNC(C)Cc1csc(Cc2cccc3ccccc23)n1. The predicted octanol–water partition coefficient (Wildman–Crippen LogP) is 4.82. The van der Waals surface area contributed by atoms with E-state index in [4.69, 9.17) is 4.98 Å². The van der Waals surface area contributed by atoms with Crippen molar-refractivity contribution in [2.75, 3.05) is 6.54 Å². The molecule has 0 aliphatic rings. The van der Waals surface area contributed by atoms with Crippen LogP contribution in [-0.2, 0) is 12.8 Å². The Labute approximate surface area is 142 Å². The summed E-state index contributed by atoms with van der Waals surface area (Å²) in [5.74, 6) is 0. The highest BCUT2D eigenvalue weighted by molar-refractivity contribution is 7.09. The second-order valence-corrected chi connectivity index (χ2v) is 7.05. The van der Waals surface area contributed by atoms with Crippen molar-refractivity contribution in [3.63, 3.8) is 0 Å². The van der Waals surface area contributed by atoms with Gasteiger partial charge in [-0.05, 0) is 36.2 Å². The van der Waals surface area contributed by atoms with Gasteiger partial charge < -0.3 is 5.32 Å². The van der Waals surface area contributed by atoms with Gasteiger partial charge >= 0.3 is 0 Å². The first-order valence-electron chi connectivity index (χ1n) is 8.39. The third-order valence-electron chi connectivity index (χ3n) is 4.08. The van der Waals surface area contributed by atoms with E-state index in [0.29, 0.717) is 6.04 Å². The smallest absolute Gasteiger partial charge is 0.0972 e. The van der Waals surface area contributed by atoms with Gasteiger partial charge in [-0.15, -0.1) is 11.3 Å². The van der Waals surface area contributed by atoms with Crippen molar-refractivity contribution in [2.45, 2.75) is 39.2 Å². The Hall–Kier alpha value is -1.71. The van der Waals surface area contributed by atoms with Crippen molar-refractivity contribution in [3.8, 4) is 0 Å². The van der Waals surface area contributed by atoms with Crippen LogP contribution >= 0.6 is 11.3 Å². The number of thiazole rings is 1. The molecule has 0 bridgehead atoms. The number of nitrogens with zero attached hydrogens (tertiary/aromatic N) is 1. The maximum atomic E-state index is 4.84. The van der Waals surface area contributed by atoms with Gasteiger partial charge in [0.25, 0.3) is 0 Å². The van der Waals surface area contributed by atoms with E-state index in [1.807, 2.05) is 0 Å². The summed E-state index contributed by atoms with van der Waals surface area (Å²) in [5.41, 5.74) is 2.57. The fraction of sp³-hybridized carbons (Fsp3) is 0.350. The van der Waals surface area contributed by atoms with E-state index in [2.05, 4.69) is 67.0 Å². The third kappa shape index (κ3) is 4.18. The van der Waals surface area contributed by atoms with Crippen LogP contribution in [0, 0.1) is 0 Å². The van der Waals surface area contributed by atoms with Gasteiger partial charge in [0.1, 0.15) is 0 Å². The molecule has 0 saturated heterocycles. The maximum absolute atomic E-state index is 4.84. The Bertz CT molecular complexity index is 758. The molecule has 0 aliphatic carbocycles. The average molecular weight is 324 g/mol. The summed E-state index contributed by atoms with van der Waals surface area (Å²) in [4.78, 5) is 4.84. The Balaban J connectivity index is 1.71. The van der Waals surface area contributed by atoms with Crippen LogP contribution < -0.4 is 5.32 Å². The minimum absolute atomic E-state index is 0.488. The molecule has 3 heteroatoms. The summed E-state index contributed by atoms with van der Waals surface area (Å²) in [6.45, 7) is 5.51. The molecule has 1 N–H and O–H groups in total. The Morgan fingerprint density at radius 2 is 1.96 bits per heavy atom. The summed E-state index contributed by atoms with van der Waals surface area (Å²) >= 11 is 1.78. The van der Waals surface area contributed by atoms with E-state index in [-0.39, 0.29) is 0 Å². The van der Waals surface area contributed by atoms with Crippen molar-refractivity contribution in [3.05, 3.63) is 64.1 Å². The highest BCUT2D eigenvalue weighted by atomic mass is 32.1. The van der Waals surface area contributed by atoms with Crippen LogP contribution in [0.1, 0.15) is 36.5 Å². The monoisotopic (exact) mass is 324 g/mol. The summed E-state index contributed by atoms with van der Waals surface area (Å²) in [7, 11) is 0. The predicted molar refractivity (Wildman–Crippen MR) is 100 cm³/mol. The van der Waals surface area contributed by atoms with Crippen LogP contribution in [0.4, 0.5) is 0 Å². The van der Waals surface area contributed by atoms with Gasteiger partial charge in [0.05, 0.1) is 10.7 Å². The van der Waals surface area contributed by atoms with E-state index in [1.54, 1.807) is 11.3 Å². The van der Waals surface area contributed by atoms with Crippen molar-refractivity contribution in [1.82, 2.24) is 10.3 Å². The van der Waals surface area contributed by atoms with Crippen molar-refractivity contribution in [1.29, 1.82) is 0 Å². The summed E-state index contributed by atoms with van der Waals surface area (Å²) in [6.07, 6.45) is 3.10. The van der Waals surface area contributed by atoms with Crippen LogP contribution in [0.15, 0.2) is 47.8 Å². The molecule has 1 heterocycles. The molecule has 3 rings (SSSR count).